The molecule has 11 heteroatoms. The number of carbonyl (C=O) groups excluding carboxylic acids is 2. The van der Waals surface area contributed by atoms with Crippen molar-refractivity contribution in [2.75, 3.05) is 26.2 Å². The van der Waals surface area contributed by atoms with Crippen molar-refractivity contribution in [3.63, 3.8) is 0 Å². The van der Waals surface area contributed by atoms with Crippen LogP contribution in [0.1, 0.15) is 32.0 Å². The topological polar surface area (TPSA) is 58.4 Å². The number of carbonyl (C=O) groups is 2. The van der Waals surface area contributed by atoms with Crippen molar-refractivity contribution >= 4 is 11.8 Å². The molecule has 34 heavy (non-hydrogen) atoms. The zero-order valence-corrected chi connectivity index (χ0v) is 17.9. The van der Waals surface area contributed by atoms with Gasteiger partial charge >= 0.3 is 6.18 Å². The van der Waals surface area contributed by atoms with Gasteiger partial charge in [0.15, 0.2) is 11.6 Å². The van der Waals surface area contributed by atoms with E-state index in [1.54, 1.807) is 6.92 Å². The fourth-order valence-corrected chi connectivity index (χ4v) is 3.79. The molecule has 0 N–H and O–H groups in total. The Kier molecular flexibility index (Phi) is 6.11. The lowest BCUT2D eigenvalue weighted by Crippen LogP contribution is -2.50. The minimum Gasteiger partial charge on any atom is -0.335 e. The number of hydrogen-bond acceptors (Lipinski definition) is 3. The molecule has 0 unspecified atom stereocenters. The lowest BCUT2D eigenvalue weighted by Gasteiger charge is -2.34. The first kappa shape index (κ1) is 23.4. The first-order valence-corrected chi connectivity index (χ1v) is 10.3. The third-order valence-electron chi connectivity index (χ3n) is 5.68. The average molecular weight is 478 g/mol. The van der Waals surface area contributed by atoms with Gasteiger partial charge in [0.2, 0.25) is 0 Å². The molecule has 178 valence electrons. The Morgan fingerprint density at radius 1 is 0.882 bits per heavy atom. The number of piperazine rings is 1. The predicted molar refractivity (Wildman–Crippen MR) is 111 cm³/mol. The van der Waals surface area contributed by atoms with Crippen molar-refractivity contribution in [3.05, 3.63) is 82.7 Å². The maximum Gasteiger partial charge on any atom is 0.416 e. The van der Waals surface area contributed by atoms with E-state index in [4.69, 9.17) is 0 Å². The fourth-order valence-electron chi connectivity index (χ4n) is 3.79. The molecular formula is C23H19F5N4O2. The number of benzene rings is 2. The minimum atomic E-state index is -4.51. The van der Waals surface area contributed by atoms with Gasteiger partial charge in [-0.1, -0.05) is 6.07 Å². The summed E-state index contributed by atoms with van der Waals surface area (Å²) < 4.78 is 67.0. The van der Waals surface area contributed by atoms with Gasteiger partial charge < -0.3 is 9.80 Å². The van der Waals surface area contributed by atoms with Gasteiger partial charge in [-0.3, -0.25) is 9.59 Å². The summed E-state index contributed by atoms with van der Waals surface area (Å²) in [6.07, 6.45) is -3.21. The zero-order valence-electron chi connectivity index (χ0n) is 17.9. The summed E-state index contributed by atoms with van der Waals surface area (Å²) in [6.45, 7) is 2.35. The molecule has 1 aromatic heterocycles. The Bertz CT molecular complexity index is 1250. The van der Waals surface area contributed by atoms with E-state index in [1.165, 1.54) is 38.9 Å². The second kappa shape index (κ2) is 8.88. The molecule has 2 amide bonds. The molecule has 4 rings (SSSR count). The molecule has 0 atom stereocenters. The summed E-state index contributed by atoms with van der Waals surface area (Å²) in [5.74, 6) is -3.00. The summed E-state index contributed by atoms with van der Waals surface area (Å²) in [4.78, 5) is 28.5. The van der Waals surface area contributed by atoms with Crippen molar-refractivity contribution in [1.29, 1.82) is 0 Å². The average Bonchev–Trinajstić information content (AvgIpc) is 3.20. The Labute approximate surface area is 191 Å². The maximum absolute atomic E-state index is 13.4. The largest absolute Gasteiger partial charge is 0.416 e. The number of aromatic nitrogens is 2. The van der Waals surface area contributed by atoms with E-state index in [0.29, 0.717) is 5.69 Å². The van der Waals surface area contributed by atoms with Crippen LogP contribution in [0.15, 0.2) is 48.7 Å². The van der Waals surface area contributed by atoms with E-state index in [1.807, 2.05) is 0 Å². The van der Waals surface area contributed by atoms with Crippen LogP contribution in [0, 0.1) is 18.6 Å². The number of rotatable bonds is 3. The van der Waals surface area contributed by atoms with Crippen LogP contribution < -0.4 is 0 Å². The van der Waals surface area contributed by atoms with Gasteiger partial charge in [0.1, 0.15) is 0 Å². The predicted octanol–water partition coefficient (Wildman–Crippen LogP) is 4.08. The van der Waals surface area contributed by atoms with E-state index in [-0.39, 0.29) is 48.9 Å². The first-order chi connectivity index (χ1) is 16.1. The van der Waals surface area contributed by atoms with Crippen molar-refractivity contribution < 1.29 is 31.5 Å². The van der Waals surface area contributed by atoms with Crippen molar-refractivity contribution in [3.8, 4) is 5.69 Å². The molecule has 2 aromatic carbocycles. The van der Waals surface area contributed by atoms with Crippen LogP contribution in [0.2, 0.25) is 0 Å². The van der Waals surface area contributed by atoms with Gasteiger partial charge in [-0.15, -0.1) is 0 Å². The summed E-state index contributed by atoms with van der Waals surface area (Å²) in [5, 5.41) is 4.09. The van der Waals surface area contributed by atoms with E-state index in [0.717, 1.165) is 24.3 Å². The molecule has 1 fully saturated rings. The van der Waals surface area contributed by atoms with Crippen LogP contribution in [0.25, 0.3) is 5.69 Å². The standard InChI is InChI=1S/C23H19F5N4O2/c1-14-18(13-29-32(14)17-4-2-3-16(12-17)23(26,27)28)22(34)31-9-7-30(8-10-31)21(33)15-5-6-19(24)20(25)11-15/h2-6,11-13H,7-10H2,1H3. The quantitative estimate of drug-likeness (QED) is 0.534. The molecule has 2 heterocycles. The van der Waals surface area contributed by atoms with Gasteiger partial charge in [0.05, 0.1) is 28.7 Å². The minimum absolute atomic E-state index is 0.0110. The molecule has 0 bridgehead atoms. The van der Waals surface area contributed by atoms with E-state index < -0.39 is 29.3 Å². The van der Waals surface area contributed by atoms with Gasteiger partial charge in [0, 0.05) is 31.7 Å². The molecule has 0 aliphatic carbocycles. The Morgan fingerprint density at radius 3 is 2.15 bits per heavy atom. The van der Waals surface area contributed by atoms with Gasteiger partial charge in [-0.05, 0) is 43.3 Å². The van der Waals surface area contributed by atoms with Crippen LogP contribution in [-0.4, -0.2) is 57.6 Å². The SMILES string of the molecule is Cc1c(C(=O)N2CCN(C(=O)c3ccc(F)c(F)c3)CC2)cnn1-c1cccc(C(F)(F)F)c1. The van der Waals surface area contributed by atoms with Gasteiger partial charge in [0.25, 0.3) is 11.8 Å². The second-order valence-electron chi connectivity index (χ2n) is 7.82. The fraction of sp³-hybridized carbons (Fsp3) is 0.261. The Morgan fingerprint density at radius 2 is 1.53 bits per heavy atom. The molecule has 3 aromatic rings. The smallest absolute Gasteiger partial charge is 0.335 e. The maximum atomic E-state index is 13.4. The summed E-state index contributed by atoms with van der Waals surface area (Å²) in [5.41, 5.74) is -0.0257. The zero-order chi connectivity index (χ0) is 24.6. The Balaban J connectivity index is 1.45. The summed E-state index contributed by atoms with van der Waals surface area (Å²) in [6, 6.07) is 7.56. The van der Waals surface area contributed by atoms with E-state index in [2.05, 4.69) is 5.10 Å². The highest BCUT2D eigenvalue weighted by Crippen LogP contribution is 2.30. The van der Waals surface area contributed by atoms with Crippen LogP contribution in [-0.2, 0) is 6.18 Å². The Hall–Kier alpha value is -3.76. The molecular weight excluding hydrogens is 459 g/mol. The molecule has 1 saturated heterocycles. The van der Waals surface area contributed by atoms with E-state index in [9.17, 15) is 31.5 Å². The molecule has 1 aliphatic rings. The number of nitrogens with zero attached hydrogens (tertiary/aromatic N) is 4. The van der Waals surface area contributed by atoms with Gasteiger partial charge in [-0.2, -0.15) is 18.3 Å². The monoisotopic (exact) mass is 478 g/mol. The third kappa shape index (κ3) is 4.50. The van der Waals surface area contributed by atoms with Crippen LogP contribution in [0.3, 0.4) is 0 Å². The molecule has 0 radical (unpaired) electrons. The van der Waals surface area contributed by atoms with Crippen molar-refractivity contribution in [2.45, 2.75) is 13.1 Å². The third-order valence-corrected chi connectivity index (χ3v) is 5.68. The molecule has 6 nitrogen and oxygen atoms in total. The highest BCUT2D eigenvalue weighted by Gasteiger charge is 2.31. The van der Waals surface area contributed by atoms with Crippen molar-refractivity contribution in [1.82, 2.24) is 19.6 Å². The number of hydrogen-bond donors (Lipinski definition) is 0. The van der Waals surface area contributed by atoms with Crippen LogP contribution >= 0.6 is 0 Å². The summed E-state index contributed by atoms with van der Waals surface area (Å²) in [7, 11) is 0. The number of amides is 2. The van der Waals surface area contributed by atoms with Gasteiger partial charge in [-0.25, -0.2) is 13.5 Å². The summed E-state index contributed by atoms with van der Waals surface area (Å²) >= 11 is 0. The lowest BCUT2D eigenvalue weighted by molar-refractivity contribution is -0.137. The van der Waals surface area contributed by atoms with E-state index >= 15 is 0 Å². The van der Waals surface area contributed by atoms with Crippen LogP contribution in [0.5, 0.6) is 0 Å². The normalized spacial score (nSPS) is 14.4. The van der Waals surface area contributed by atoms with Crippen molar-refractivity contribution in [2.24, 2.45) is 0 Å². The number of alkyl halides is 3. The second-order valence-corrected chi connectivity index (χ2v) is 7.82. The number of halogens is 5. The molecule has 1 aliphatic heterocycles. The highest BCUT2D eigenvalue weighted by molar-refractivity contribution is 5.96. The lowest BCUT2D eigenvalue weighted by atomic mass is 10.1. The molecule has 0 spiro atoms. The molecule has 0 saturated carbocycles. The van der Waals surface area contributed by atoms with Crippen LogP contribution in [0.4, 0.5) is 22.0 Å². The first-order valence-electron chi connectivity index (χ1n) is 10.3. The highest BCUT2D eigenvalue weighted by atomic mass is 19.4.